The molecule has 0 aliphatic rings. The molecule has 0 aliphatic carbocycles. The van der Waals surface area contributed by atoms with Gasteiger partial charge in [-0.1, -0.05) is 19.4 Å². The fourth-order valence-corrected chi connectivity index (χ4v) is 2.92. The summed E-state index contributed by atoms with van der Waals surface area (Å²) in [5.74, 6) is 0. The molecule has 0 saturated heterocycles. The summed E-state index contributed by atoms with van der Waals surface area (Å²) < 4.78 is 0. The second-order valence-corrected chi connectivity index (χ2v) is 6.02. The highest BCUT2D eigenvalue weighted by molar-refractivity contribution is 7.99. The second kappa shape index (κ2) is 7.38. The van der Waals surface area contributed by atoms with E-state index < -0.39 is 0 Å². The molecule has 2 heterocycles. The Morgan fingerprint density at radius 3 is 3.00 bits per heavy atom. The zero-order chi connectivity index (χ0) is 15.2. The smallest absolute Gasteiger partial charge is 0.251 e. The molecule has 21 heavy (non-hydrogen) atoms. The molecule has 5 nitrogen and oxygen atoms in total. The molecule has 0 saturated carbocycles. The van der Waals surface area contributed by atoms with E-state index >= 15 is 0 Å². The molecular formula is C15H20N4OS. The van der Waals surface area contributed by atoms with Gasteiger partial charge in [0.15, 0.2) is 5.16 Å². The van der Waals surface area contributed by atoms with Crippen LogP contribution >= 0.6 is 11.8 Å². The largest absolute Gasteiger partial charge is 0.328 e. The van der Waals surface area contributed by atoms with Crippen LogP contribution in [0.3, 0.4) is 0 Å². The summed E-state index contributed by atoms with van der Waals surface area (Å²) in [6, 6.07) is 5.51. The molecule has 6 heteroatoms. The molecule has 2 rings (SSSR count). The maximum absolute atomic E-state index is 11.7. The van der Waals surface area contributed by atoms with Crippen LogP contribution in [-0.4, -0.2) is 21.0 Å². The number of aryl methyl sites for hydroxylation is 1. The zero-order valence-electron chi connectivity index (χ0n) is 12.3. The fraction of sp³-hybridized carbons (Fsp3) is 0.400. The van der Waals surface area contributed by atoms with Crippen molar-refractivity contribution in [1.29, 1.82) is 0 Å². The van der Waals surface area contributed by atoms with Crippen molar-refractivity contribution >= 4 is 11.8 Å². The normalized spacial score (nSPS) is 12.3. The number of nitrogens with one attached hydrogen (secondary N) is 1. The van der Waals surface area contributed by atoms with Gasteiger partial charge in [-0.15, -0.1) is 0 Å². The average molecular weight is 304 g/mol. The van der Waals surface area contributed by atoms with Crippen LogP contribution in [0.25, 0.3) is 0 Å². The lowest BCUT2D eigenvalue weighted by Gasteiger charge is -2.10. The topological polar surface area (TPSA) is 84.7 Å². The molecule has 0 bridgehead atoms. The maximum Gasteiger partial charge on any atom is 0.251 e. The third kappa shape index (κ3) is 4.68. The van der Waals surface area contributed by atoms with Gasteiger partial charge in [-0.25, -0.2) is 9.97 Å². The van der Waals surface area contributed by atoms with Gasteiger partial charge in [0, 0.05) is 24.0 Å². The molecule has 0 fully saturated rings. The first-order valence-corrected chi connectivity index (χ1v) is 7.87. The van der Waals surface area contributed by atoms with E-state index in [9.17, 15) is 4.79 Å². The van der Waals surface area contributed by atoms with Crippen molar-refractivity contribution < 1.29 is 0 Å². The highest BCUT2D eigenvalue weighted by atomic mass is 32.2. The predicted molar refractivity (Wildman–Crippen MR) is 84.6 cm³/mol. The number of nitrogens with zero attached hydrogens (tertiary/aromatic N) is 2. The van der Waals surface area contributed by atoms with Crippen LogP contribution < -0.4 is 11.3 Å². The Labute approximate surface area is 128 Å². The van der Waals surface area contributed by atoms with E-state index in [0.717, 1.165) is 35.5 Å². The van der Waals surface area contributed by atoms with Crippen molar-refractivity contribution in [1.82, 2.24) is 15.0 Å². The van der Waals surface area contributed by atoms with E-state index in [1.54, 1.807) is 12.3 Å². The Morgan fingerprint density at radius 1 is 1.48 bits per heavy atom. The minimum absolute atomic E-state index is 0.0620. The number of pyridine rings is 1. The molecule has 1 atom stereocenters. The molecule has 0 radical (unpaired) electrons. The predicted octanol–water partition coefficient (Wildman–Crippen LogP) is 2.16. The van der Waals surface area contributed by atoms with Gasteiger partial charge in [0.2, 0.25) is 0 Å². The van der Waals surface area contributed by atoms with E-state index in [1.165, 1.54) is 11.8 Å². The lowest BCUT2D eigenvalue weighted by Crippen LogP contribution is -2.18. The highest BCUT2D eigenvalue weighted by Gasteiger charge is 2.10. The number of aromatic amines is 1. The number of nitrogens with two attached hydrogens (primary N) is 1. The highest BCUT2D eigenvalue weighted by Crippen LogP contribution is 2.26. The average Bonchev–Trinajstić information content (AvgIpc) is 2.40. The Hall–Kier alpha value is -1.66. The summed E-state index contributed by atoms with van der Waals surface area (Å²) in [6.45, 7) is 4.03. The van der Waals surface area contributed by atoms with Gasteiger partial charge in [-0.2, -0.15) is 0 Å². The number of aromatic nitrogens is 3. The lowest BCUT2D eigenvalue weighted by molar-refractivity contribution is 0.721. The lowest BCUT2D eigenvalue weighted by atomic mass is 10.1. The first-order chi connectivity index (χ1) is 10.1. The Morgan fingerprint density at radius 2 is 2.29 bits per heavy atom. The number of rotatable bonds is 6. The first kappa shape index (κ1) is 15.7. The van der Waals surface area contributed by atoms with Gasteiger partial charge in [-0.05, 0) is 43.2 Å². The van der Waals surface area contributed by atoms with Crippen molar-refractivity contribution in [3.63, 3.8) is 0 Å². The summed E-state index contributed by atoms with van der Waals surface area (Å²) >= 11 is 1.38. The van der Waals surface area contributed by atoms with E-state index in [4.69, 9.17) is 5.73 Å². The molecule has 2 aromatic heterocycles. The number of hydrogen-bond donors (Lipinski definition) is 2. The number of H-pyrrole nitrogens is 1. The monoisotopic (exact) mass is 304 g/mol. The molecular weight excluding hydrogens is 284 g/mol. The van der Waals surface area contributed by atoms with E-state index in [1.807, 2.05) is 19.1 Å². The summed E-state index contributed by atoms with van der Waals surface area (Å²) in [5.41, 5.74) is 7.62. The Balaban J connectivity index is 2.27. The van der Waals surface area contributed by atoms with Crippen LogP contribution in [0, 0.1) is 0 Å². The van der Waals surface area contributed by atoms with Gasteiger partial charge in [-0.3, -0.25) is 4.79 Å². The van der Waals surface area contributed by atoms with Crippen LogP contribution in [0.1, 0.15) is 31.5 Å². The summed E-state index contributed by atoms with van der Waals surface area (Å²) in [4.78, 5) is 23.3. The fourth-order valence-electron chi connectivity index (χ4n) is 2.03. The van der Waals surface area contributed by atoms with Gasteiger partial charge in [0.25, 0.3) is 5.56 Å². The van der Waals surface area contributed by atoms with E-state index in [2.05, 4.69) is 21.9 Å². The van der Waals surface area contributed by atoms with E-state index in [0.29, 0.717) is 5.16 Å². The van der Waals surface area contributed by atoms with Gasteiger partial charge in [0.05, 0.1) is 0 Å². The Bertz CT molecular complexity index is 654. The first-order valence-electron chi connectivity index (χ1n) is 7.06. The van der Waals surface area contributed by atoms with Crippen molar-refractivity contribution in [2.45, 2.75) is 49.3 Å². The maximum atomic E-state index is 11.7. The molecule has 3 N–H and O–H groups in total. The summed E-state index contributed by atoms with van der Waals surface area (Å²) in [7, 11) is 0. The molecule has 0 aliphatic heterocycles. The van der Waals surface area contributed by atoms with Crippen LogP contribution in [0.2, 0.25) is 0 Å². The molecule has 0 amide bonds. The van der Waals surface area contributed by atoms with Crippen LogP contribution in [0.4, 0.5) is 0 Å². The van der Waals surface area contributed by atoms with Crippen molar-refractivity contribution in [3.8, 4) is 0 Å². The van der Waals surface area contributed by atoms with Gasteiger partial charge in [0.1, 0.15) is 5.03 Å². The standard InChI is InChI=1S/C15H20N4OS/c1-3-5-12-9-13(20)19-15(18-12)21-14-11(8-10(2)16)6-4-7-17-14/h4,6-7,9-10H,3,5,8,16H2,1-2H3,(H,18,19,20). The molecule has 0 aromatic carbocycles. The summed E-state index contributed by atoms with van der Waals surface area (Å²) in [6.07, 6.45) is 4.24. The summed E-state index contributed by atoms with van der Waals surface area (Å²) in [5, 5.41) is 1.42. The zero-order valence-corrected chi connectivity index (χ0v) is 13.1. The van der Waals surface area contributed by atoms with Crippen molar-refractivity contribution in [2.75, 3.05) is 0 Å². The second-order valence-electron chi connectivity index (χ2n) is 5.04. The van der Waals surface area contributed by atoms with Crippen molar-refractivity contribution in [3.05, 3.63) is 46.0 Å². The van der Waals surface area contributed by atoms with Gasteiger partial charge < -0.3 is 10.7 Å². The molecule has 1 unspecified atom stereocenters. The molecule has 112 valence electrons. The SMILES string of the molecule is CCCc1cc(=O)[nH]c(Sc2ncccc2CC(C)N)n1. The van der Waals surface area contributed by atoms with E-state index in [-0.39, 0.29) is 11.6 Å². The molecule has 0 spiro atoms. The van der Waals surface area contributed by atoms with Crippen molar-refractivity contribution in [2.24, 2.45) is 5.73 Å². The minimum Gasteiger partial charge on any atom is -0.328 e. The quantitative estimate of drug-likeness (QED) is 0.799. The van der Waals surface area contributed by atoms with Crippen LogP contribution in [0.15, 0.2) is 39.4 Å². The van der Waals surface area contributed by atoms with Crippen LogP contribution in [-0.2, 0) is 12.8 Å². The Kier molecular flexibility index (Phi) is 5.52. The van der Waals surface area contributed by atoms with Gasteiger partial charge >= 0.3 is 0 Å². The molecule has 2 aromatic rings. The third-order valence-corrected chi connectivity index (χ3v) is 3.81. The minimum atomic E-state index is -0.124. The third-order valence-electron chi connectivity index (χ3n) is 2.86. The van der Waals surface area contributed by atoms with Crippen LogP contribution in [0.5, 0.6) is 0 Å². The number of hydrogen-bond acceptors (Lipinski definition) is 5.